The van der Waals surface area contributed by atoms with Gasteiger partial charge in [0.25, 0.3) is 10.1 Å². The van der Waals surface area contributed by atoms with Crippen molar-refractivity contribution < 1.29 is 44.0 Å². The van der Waals surface area contributed by atoms with E-state index in [1.165, 1.54) is 0 Å². The summed E-state index contributed by atoms with van der Waals surface area (Å²) in [6.45, 7) is -0.122. The molecule has 1 unspecified atom stereocenters. The monoisotopic (exact) mass is 225 g/mol. The van der Waals surface area contributed by atoms with E-state index in [1.54, 1.807) is 30.3 Å². The van der Waals surface area contributed by atoms with Crippen LogP contribution in [0.3, 0.4) is 0 Å². The van der Waals surface area contributed by atoms with Crippen LogP contribution in [0.5, 0.6) is 0 Å². The van der Waals surface area contributed by atoms with Crippen LogP contribution in [0.4, 0.5) is 0 Å². The zero-order valence-corrected chi connectivity index (χ0v) is 10.7. The second-order valence-corrected chi connectivity index (χ2v) is 4.25. The van der Waals surface area contributed by atoms with Gasteiger partial charge in [0, 0.05) is 6.54 Å². The van der Waals surface area contributed by atoms with E-state index in [0.29, 0.717) is 5.56 Å². The minimum absolute atomic E-state index is 0. The molecular formula is C8H12NNaO3S. The van der Waals surface area contributed by atoms with Gasteiger partial charge in [0.05, 0.1) is 0 Å². The predicted molar refractivity (Wildman–Crippen MR) is 50.9 cm³/mol. The van der Waals surface area contributed by atoms with Crippen LogP contribution in [0.1, 0.15) is 12.2 Å². The summed E-state index contributed by atoms with van der Waals surface area (Å²) in [6, 6.07) is 8.39. The Bertz CT molecular complexity index is 371. The van der Waals surface area contributed by atoms with Crippen molar-refractivity contribution in [3.63, 3.8) is 0 Å². The molecule has 1 aromatic rings. The van der Waals surface area contributed by atoms with Gasteiger partial charge in [0.15, 0.2) is 0 Å². The Labute approximate surface area is 107 Å². The van der Waals surface area contributed by atoms with Gasteiger partial charge < -0.3 is 7.16 Å². The average molecular weight is 225 g/mol. The fraction of sp³-hybridized carbons (Fsp3) is 0.250. The first-order valence-electron chi connectivity index (χ1n) is 3.77. The molecule has 0 aliphatic carbocycles. The standard InChI is InChI=1S/C8H11NO3S.Na.H/c9-6-8(13(10,11)12)7-4-2-1-3-5-7;;/h1-5,8H,6,9H2,(H,10,11,12);;/q;+1;-1. The summed E-state index contributed by atoms with van der Waals surface area (Å²) < 4.78 is 30.5. The van der Waals surface area contributed by atoms with Crippen molar-refractivity contribution >= 4 is 10.1 Å². The zero-order valence-electron chi connectivity index (χ0n) is 8.92. The summed E-state index contributed by atoms with van der Waals surface area (Å²) in [4.78, 5) is 0. The van der Waals surface area contributed by atoms with Crippen LogP contribution in [0.25, 0.3) is 0 Å². The quantitative estimate of drug-likeness (QED) is 0.447. The zero-order chi connectivity index (χ0) is 9.90. The summed E-state index contributed by atoms with van der Waals surface area (Å²) in [7, 11) is -4.09. The molecule has 14 heavy (non-hydrogen) atoms. The fourth-order valence-electron chi connectivity index (χ4n) is 1.10. The Morgan fingerprint density at radius 1 is 1.36 bits per heavy atom. The summed E-state index contributed by atoms with van der Waals surface area (Å²) in [5, 5.41) is -1.02. The maximum Gasteiger partial charge on any atom is 1.00 e. The summed E-state index contributed by atoms with van der Waals surface area (Å²) in [5.74, 6) is 0. The largest absolute Gasteiger partial charge is 1.00 e. The number of nitrogens with two attached hydrogens (primary N) is 1. The van der Waals surface area contributed by atoms with E-state index in [-0.39, 0.29) is 37.5 Å². The molecule has 4 nitrogen and oxygen atoms in total. The fourth-order valence-corrected chi connectivity index (χ4v) is 1.84. The molecule has 0 fully saturated rings. The molecule has 0 aliphatic heterocycles. The van der Waals surface area contributed by atoms with Crippen molar-refractivity contribution in [3.05, 3.63) is 35.9 Å². The Hall–Kier alpha value is 0.0900. The van der Waals surface area contributed by atoms with Gasteiger partial charge >= 0.3 is 29.6 Å². The van der Waals surface area contributed by atoms with Gasteiger partial charge in [-0.3, -0.25) is 4.55 Å². The molecule has 0 saturated heterocycles. The van der Waals surface area contributed by atoms with Gasteiger partial charge in [-0.15, -0.1) is 0 Å². The van der Waals surface area contributed by atoms with E-state index >= 15 is 0 Å². The second kappa shape index (κ2) is 5.85. The molecule has 0 amide bonds. The van der Waals surface area contributed by atoms with Gasteiger partial charge in [-0.1, -0.05) is 30.3 Å². The molecule has 0 heterocycles. The summed E-state index contributed by atoms with van der Waals surface area (Å²) in [6.07, 6.45) is 0. The Balaban J connectivity index is 0. The molecule has 6 heteroatoms. The van der Waals surface area contributed by atoms with Gasteiger partial charge in [-0.2, -0.15) is 8.42 Å². The normalized spacial score (nSPS) is 13.0. The van der Waals surface area contributed by atoms with Gasteiger partial charge in [-0.05, 0) is 5.56 Å². The molecule has 1 atom stereocenters. The molecule has 0 saturated carbocycles. The number of hydrogen-bond donors (Lipinski definition) is 2. The first-order chi connectivity index (χ1) is 6.05. The van der Waals surface area contributed by atoms with Crippen LogP contribution in [0.15, 0.2) is 30.3 Å². The molecule has 0 bridgehead atoms. The Morgan fingerprint density at radius 2 is 1.86 bits per heavy atom. The minimum Gasteiger partial charge on any atom is -1.00 e. The van der Waals surface area contributed by atoms with Gasteiger partial charge in [0.1, 0.15) is 5.25 Å². The van der Waals surface area contributed by atoms with Crippen molar-refractivity contribution in [1.82, 2.24) is 0 Å². The van der Waals surface area contributed by atoms with Crippen LogP contribution < -0.4 is 35.3 Å². The van der Waals surface area contributed by atoms with Crippen LogP contribution in [0, 0.1) is 0 Å². The first-order valence-corrected chi connectivity index (χ1v) is 5.27. The van der Waals surface area contributed by atoms with E-state index in [9.17, 15) is 8.42 Å². The number of benzene rings is 1. The third-order valence-electron chi connectivity index (χ3n) is 1.74. The maximum atomic E-state index is 10.8. The number of hydrogen-bond acceptors (Lipinski definition) is 3. The molecule has 3 N–H and O–H groups in total. The van der Waals surface area contributed by atoms with Crippen molar-refractivity contribution in [1.29, 1.82) is 0 Å². The number of rotatable bonds is 3. The average Bonchev–Trinajstić information content (AvgIpc) is 2.05. The molecule has 0 aliphatic rings. The van der Waals surface area contributed by atoms with E-state index in [0.717, 1.165) is 0 Å². The summed E-state index contributed by atoms with van der Waals surface area (Å²) >= 11 is 0. The molecule has 1 rings (SSSR count). The van der Waals surface area contributed by atoms with E-state index in [1.807, 2.05) is 0 Å². The third-order valence-corrected chi connectivity index (χ3v) is 2.93. The Kier molecular flexibility index (Phi) is 5.88. The molecule has 74 valence electrons. The SMILES string of the molecule is NCC(c1ccccc1)S(=O)(=O)O.[H-].[Na+]. The topological polar surface area (TPSA) is 80.4 Å². The van der Waals surface area contributed by atoms with Crippen LogP contribution >= 0.6 is 0 Å². The molecular weight excluding hydrogens is 213 g/mol. The van der Waals surface area contributed by atoms with Crippen molar-refractivity contribution in [3.8, 4) is 0 Å². The van der Waals surface area contributed by atoms with Crippen molar-refractivity contribution in [2.75, 3.05) is 6.54 Å². The Morgan fingerprint density at radius 3 is 2.21 bits per heavy atom. The van der Waals surface area contributed by atoms with E-state index < -0.39 is 15.4 Å². The molecule has 1 aromatic carbocycles. The summed E-state index contributed by atoms with van der Waals surface area (Å²) in [5.41, 5.74) is 5.76. The predicted octanol–water partition coefficient (Wildman–Crippen LogP) is -2.31. The van der Waals surface area contributed by atoms with Crippen molar-refractivity contribution in [2.45, 2.75) is 5.25 Å². The molecule has 0 radical (unpaired) electrons. The molecule has 0 spiro atoms. The smallest absolute Gasteiger partial charge is 1.00 e. The van der Waals surface area contributed by atoms with Crippen molar-refractivity contribution in [2.24, 2.45) is 5.73 Å². The minimum atomic E-state index is -4.09. The third kappa shape index (κ3) is 3.68. The first kappa shape index (κ1) is 14.1. The molecule has 0 aromatic heterocycles. The second-order valence-electron chi connectivity index (χ2n) is 2.65. The van der Waals surface area contributed by atoms with Crippen LogP contribution in [0.2, 0.25) is 0 Å². The van der Waals surface area contributed by atoms with E-state index in [4.69, 9.17) is 10.3 Å². The van der Waals surface area contributed by atoms with Gasteiger partial charge in [0.2, 0.25) is 0 Å². The maximum absolute atomic E-state index is 10.8. The van der Waals surface area contributed by atoms with Crippen LogP contribution in [-0.4, -0.2) is 19.5 Å². The van der Waals surface area contributed by atoms with Crippen LogP contribution in [-0.2, 0) is 10.1 Å². The van der Waals surface area contributed by atoms with E-state index in [2.05, 4.69) is 0 Å². The van der Waals surface area contributed by atoms with Gasteiger partial charge in [-0.25, -0.2) is 0 Å².